The van der Waals surface area contributed by atoms with Crippen LogP contribution in [0, 0.1) is 0 Å². The van der Waals surface area contributed by atoms with Crippen molar-refractivity contribution in [1.29, 1.82) is 0 Å². The lowest BCUT2D eigenvalue weighted by Crippen LogP contribution is -2.09. The zero-order valence-corrected chi connectivity index (χ0v) is 9.89. The Morgan fingerprint density at radius 3 is 2.84 bits per heavy atom. The van der Waals surface area contributed by atoms with Gasteiger partial charge in [0.25, 0.3) is 5.89 Å². The number of halogens is 3. The van der Waals surface area contributed by atoms with Gasteiger partial charge in [0.15, 0.2) is 5.82 Å². The number of nitrogens with two attached hydrogens (primary N) is 1. The van der Waals surface area contributed by atoms with E-state index in [0.29, 0.717) is 18.8 Å². The first-order valence-corrected chi connectivity index (χ1v) is 5.59. The molecule has 6 nitrogen and oxygen atoms in total. The van der Waals surface area contributed by atoms with Crippen LogP contribution in [0.1, 0.15) is 12.2 Å². The van der Waals surface area contributed by atoms with Gasteiger partial charge < -0.3 is 14.8 Å². The summed E-state index contributed by atoms with van der Waals surface area (Å²) in [4.78, 5) is 7.89. The first kappa shape index (κ1) is 13.5. The molecule has 0 fully saturated rings. The SMILES string of the molecule is NCCn1cnc(-c2nc(CCC(F)(F)F)no2)c1. The van der Waals surface area contributed by atoms with E-state index in [1.165, 1.54) is 0 Å². The Bertz CT molecular complexity index is 533. The molecule has 0 bridgehead atoms. The second kappa shape index (κ2) is 5.39. The number of hydrogen-bond donors (Lipinski definition) is 1. The molecule has 0 saturated heterocycles. The van der Waals surface area contributed by atoms with Gasteiger partial charge in [-0.1, -0.05) is 5.16 Å². The van der Waals surface area contributed by atoms with Crippen molar-refractivity contribution in [2.24, 2.45) is 5.73 Å². The topological polar surface area (TPSA) is 82.8 Å². The van der Waals surface area contributed by atoms with Crippen molar-refractivity contribution in [3.8, 4) is 11.6 Å². The van der Waals surface area contributed by atoms with E-state index in [-0.39, 0.29) is 18.1 Å². The normalized spacial score (nSPS) is 12.0. The van der Waals surface area contributed by atoms with Gasteiger partial charge in [-0.2, -0.15) is 18.2 Å². The molecule has 0 atom stereocenters. The average Bonchev–Trinajstić information content (AvgIpc) is 2.93. The predicted molar refractivity (Wildman–Crippen MR) is 58.9 cm³/mol. The van der Waals surface area contributed by atoms with E-state index >= 15 is 0 Å². The Labute approximate surface area is 106 Å². The fraction of sp³-hybridized carbons (Fsp3) is 0.500. The Balaban J connectivity index is 2.03. The molecule has 0 saturated carbocycles. The summed E-state index contributed by atoms with van der Waals surface area (Å²) in [5.41, 5.74) is 5.80. The molecule has 9 heteroatoms. The third kappa shape index (κ3) is 3.78. The maximum Gasteiger partial charge on any atom is 0.389 e. The van der Waals surface area contributed by atoms with Crippen LogP contribution in [0.15, 0.2) is 17.0 Å². The summed E-state index contributed by atoms with van der Waals surface area (Å²) in [6, 6.07) is 0. The molecule has 0 amide bonds. The minimum Gasteiger partial charge on any atom is -0.335 e. The molecule has 0 unspecified atom stereocenters. The first-order valence-electron chi connectivity index (χ1n) is 5.59. The van der Waals surface area contributed by atoms with E-state index in [0.717, 1.165) is 0 Å². The standard InChI is InChI=1S/C10H12F3N5O/c11-10(12,13)2-1-8-16-9(19-17-8)7-5-18(4-3-14)6-15-7/h5-6H,1-4,14H2. The van der Waals surface area contributed by atoms with Gasteiger partial charge in [-0.15, -0.1) is 0 Å². The summed E-state index contributed by atoms with van der Waals surface area (Å²) < 4.78 is 42.7. The Morgan fingerprint density at radius 1 is 1.37 bits per heavy atom. The molecule has 2 rings (SSSR count). The molecular weight excluding hydrogens is 263 g/mol. The zero-order valence-electron chi connectivity index (χ0n) is 9.89. The fourth-order valence-electron chi connectivity index (χ4n) is 1.45. The van der Waals surface area contributed by atoms with Crippen molar-refractivity contribution in [3.63, 3.8) is 0 Å². The second-order valence-corrected chi connectivity index (χ2v) is 3.92. The molecule has 2 N–H and O–H groups in total. The second-order valence-electron chi connectivity index (χ2n) is 3.92. The number of nitrogens with zero attached hydrogens (tertiary/aromatic N) is 4. The Kier molecular flexibility index (Phi) is 3.84. The highest BCUT2D eigenvalue weighted by molar-refractivity contribution is 5.44. The van der Waals surface area contributed by atoms with E-state index < -0.39 is 12.6 Å². The summed E-state index contributed by atoms with van der Waals surface area (Å²) in [6.45, 7) is 1.04. The first-order chi connectivity index (χ1) is 8.98. The molecule has 0 aromatic carbocycles. The lowest BCUT2D eigenvalue weighted by Gasteiger charge is -2.01. The van der Waals surface area contributed by atoms with Crippen LogP contribution in [0.25, 0.3) is 11.6 Å². The monoisotopic (exact) mass is 275 g/mol. The Morgan fingerprint density at radius 2 is 2.16 bits per heavy atom. The number of aromatic nitrogens is 4. The molecule has 0 radical (unpaired) electrons. The van der Waals surface area contributed by atoms with Crippen LogP contribution in [-0.2, 0) is 13.0 Å². The van der Waals surface area contributed by atoms with E-state index in [1.807, 2.05) is 0 Å². The van der Waals surface area contributed by atoms with Gasteiger partial charge in [-0.25, -0.2) is 4.98 Å². The van der Waals surface area contributed by atoms with E-state index in [1.54, 1.807) is 17.1 Å². The molecule has 2 aromatic heterocycles. The van der Waals surface area contributed by atoms with Gasteiger partial charge in [0, 0.05) is 25.7 Å². The molecule has 104 valence electrons. The van der Waals surface area contributed by atoms with Crippen LogP contribution in [-0.4, -0.2) is 32.4 Å². The van der Waals surface area contributed by atoms with Crippen LogP contribution < -0.4 is 5.73 Å². The summed E-state index contributed by atoms with van der Waals surface area (Å²) in [5.74, 6) is 0.119. The fourth-order valence-corrected chi connectivity index (χ4v) is 1.45. The van der Waals surface area contributed by atoms with Crippen LogP contribution in [0.4, 0.5) is 13.2 Å². The summed E-state index contributed by atoms with van der Waals surface area (Å²) >= 11 is 0. The highest BCUT2D eigenvalue weighted by Crippen LogP contribution is 2.22. The summed E-state index contributed by atoms with van der Waals surface area (Å²) in [7, 11) is 0. The van der Waals surface area contributed by atoms with Crippen molar-refractivity contribution < 1.29 is 17.7 Å². The van der Waals surface area contributed by atoms with Gasteiger partial charge >= 0.3 is 6.18 Å². The van der Waals surface area contributed by atoms with Gasteiger partial charge in [0.1, 0.15) is 5.69 Å². The van der Waals surface area contributed by atoms with Crippen LogP contribution in [0.2, 0.25) is 0 Å². The van der Waals surface area contributed by atoms with Crippen LogP contribution >= 0.6 is 0 Å². The van der Waals surface area contributed by atoms with Gasteiger partial charge in [-0.05, 0) is 0 Å². The third-order valence-corrected chi connectivity index (χ3v) is 2.34. The highest BCUT2D eigenvalue weighted by atomic mass is 19.4. The smallest absolute Gasteiger partial charge is 0.335 e. The molecule has 0 aliphatic carbocycles. The van der Waals surface area contributed by atoms with Crippen molar-refractivity contribution in [2.75, 3.05) is 6.54 Å². The Hall–Kier alpha value is -1.90. The molecular formula is C10H12F3N5O. The molecule has 2 heterocycles. The van der Waals surface area contributed by atoms with Crippen LogP contribution in [0.3, 0.4) is 0 Å². The van der Waals surface area contributed by atoms with Crippen molar-refractivity contribution >= 4 is 0 Å². The van der Waals surface area contributed by atoms with Gasteiger partial charge in [-0.3, -0.25) is 0 Å². The number of alkyl halides is 3. The molecule has 19 heavy (non-hydrogen) atoms. The molecule has 0 spiro atoms. The number of imidazole rings is 1. The van der Waals surface area contributed by atoms with E-state index in [9.17, 15) is 13.2 Å². The van der Waals surface area contributed by atoms with Crippen molar-refractivity contribution in [3.05, 3.63) is 18.3 Å². The third-order valence-electron chi connectivity index (χ3n) is 2.34. The molecule has 2 aromatic rings. The maximum atomic E-state index is 12.0. The molecule has 0 aliphatic rings. The molecule has 0 aliphatic heterocycles. The van der Waals surface area contributed by atoms with Crippen molar-refractivity contribution in [2.45, 2.75) is 25.6 Å². The average molecular weight is 275 g/mol. The lowest BCUT2D eigenvalue weighted by atomic mass is 10.3. The lowest BCUT2D eigenvalue weighted by molar-refractivity contribution is -0.134. The number of aryl methyl sites for hydroxylation is 1. The maximum absolute atomic E-state index is 12.0. The van der Waals surface area contributed by atoms with E-state index in [2.05, 4.69) is 15.1 Å². The quantitative estimate of drug-likeness (QED) is 0.891. The summed E-state index contributed by atoms with van der Waals surface area (Å²) in [5, 5.41) is 3.49. The predicted octanol–water partition coefficient (Wildman–Crippen LogP) is 1.39. The minimum absolute atomic E-state index is 0.0145. The number of hydrogen-bond acceptors (Lipinski definition) is 5. The van der Waals surface area contributed by atoms with Crippen LogP contribution in [0.5, 0.6) is 0 Å². The highest BCUT2D eigenvalue weighted by Gasteiger charge is 2.27. The summed E-state index contributed by atoms with van der Waals surface area (Å²) in [6.07, 6.45) is -2.33. The number of rotatable bonds is 5. The van der Waals surface area contributed by atoms with Crippen molar-refractivity contribution in [1.82, 2.24) is 19.7 Å². The van der Waals surface area contributed by atoms with Gasteiger partial charge in [0.2, 0.25) is 0 Å². The zero-order chi connectivity index (χ0) is 13.9. The van der Waals surface area contributed by atoms with Gasteiger partial charge in [0.05, 0.1) is 12.7 Å². The largest absolute Gasteiger partial charge is 0.389 e. The van der Waals surface area contributed by atoms with E-state index in [4.69, 9.17) is 10.3 Å². The minimum atomic E-state index is -4.23.